The van der Waals surface area contributed by atoms with E-state index in [0.29, 0.717) is 16.3 Å². The third-order valence-corrected chi connectivity index (χ3v) is 5.80. The number of halogens is 4. The minimum atomic E-state index is -4.60. The Kier molecular flexibility index (Phi) is 5.81. The monoisotopic (exact) mass is 462 g/mol. The zero-order valence-corrected chi connectivity index (χ0v) is 17.9. The van der Waals surface area contributed by atoms with E-state index in [2.05, 4.69) is 15.4 Å². The number of carbonyl (C=O) groups is 1. The second kappa shape index (κ2) is 8.42. The molecule has 5 nitrogen and oxygen atoms in total. The quantitative estimate of drug-likeness (QED) is 0.487. The summed E-state index contributed by atoms with van der Waals surface area (Å²) in [5.41, 5.74) is 0.540. The smallest absolute Gasteiger partial charge is 0.300 e. The van der Waals surface area contributed by atoms with Crippen molar-refractivity contribution < 1.29 is 22.4 Å². The second-order valence-corrected chi connectivity index (χ2v) is 8.29. The van der Waals surface area contributed by atoms with E-state index < -0.39 is 17.9 Å². The van der Waals surface area contributed by atoms with Crippen LogP contribution in [0.2, 0.25) is 0 Å². The maximum absolute atomic E-state index is 13.5. The average Bonchev–Trinajstić information content (AvgIpc) is 3.28. The minimum absolute atomic E-state index is 0.00721. The molecule has 1 amide bonds. The van der Waals surface area contributed by atoms with Gasteiger partial charge in [-0.1, -0.05) is 18.2 Å². The Morgan fingerprint density at radius 2 is 2.03 bits per heavy atom. The van der Waals surface area contributed by atoms with E-state index in [1.165, 1.54) is 23.7 Å². The van der Waals surface area contributed by atoms with Crippen molar-refractivity contribution >= 4 is 39.8 Å². The van der Waals surface area contributed by atoms with E-state index in [9.17, 15) is 22.4 Å². The van der Waals surface area contributed by atoms with E-state index in [-0.39, 0.29) is 22.9 Å². The van der Waals surface area contributed by atoms with Gasteiger partial charge in [-0.15, -0.1) is 0 Å². The van der Waals surface area contributed by atoms with Gasteiger partial charge in [-0.25, -0.2) is 4.39 Å². The lowest BCUT2D eigenvalue weighted by atomic mass is 10.0. The van der Waals surface area contributed by atoms with Crippen LogP contribution < -0.4 is 5.32 Å². The summed E-state index contributed by atoms with van der Waals surface area (Å²) in [7, 11) is 1.58. The zero-order chi connectivity index (χ0) is 23.0. The molecule has 0 spiro atoms. The van der Waals surface area contributed by atoms with E-state index in [1.807, 2.05) is 12.1 Å². The predicted octanol–water partition coefficient (Wildman–Crippen LogP) is 5.96. The summed E-state index contributed by atoms with van der Waals surface area (Å²) in [5.74, 6) is 0.488. The van der Waals surface area contributed by atoms with Gasteiger partial charge in [0, 0.05) is 18.6 Å². The van der Waals surface area contributed by atoms with Crippen LogP contribution in [0.4, 0.5) is 22.4 Å². The lowest BCUT2D eigenvalue weighted by Gasteiger charge is -2.15. The Bertz CT molecular complexity index is 1260. The van der Waals surface area contributed by atoms with Crippen LogP contribution in [0.25, 0.3) is 17.0 Å². The highest BCUT2D eigenvalue weighted by Gasteiger charge is 2.34. The zero-order valence-electron chi connectivity index (χ0n) is 17.1. The minimum Gasteiger partial charge on any atom is -0.300 e. The van der Waals surface area contributed by atoms with Gasteiger partial charge >= 0.3 is 6.18 Å². The standard InChI is InChI=1S/C22H18F4N4OS/c1-12(23)14-4-5-15(17(9-14)22(24,25)26)10-30-11-16-7-13(3-6-18(16)29-30)8-19-20(27-2)28-21(31)32-19/h3-9,11-12H,10H2,1-2H3,(H,27,28,31)/b19-8-. The number of carbonyl (C=O) groups excluding carboxylic acids is 1. The molecule has 0 aliphatic carbocycles. The maximum Gasteiger partial charge on any atom is 0.416 e. The molecule has 10 heteroatoms. The summed E-state index contributed by atoms with van der Waals surface area (Å²) >= 11 is 1.04. The molecule has 0 radical (unpaired) electrons. The summed E-state index contributed by atoms with van der Waals surface area (Å²) in [6.07, 6.45) is -2.63. The van der Waals surface area contributed by atoms with Crippen molar-refractivity contribution in [1.82, 2.24) is 15.1 Å². The first-order valence-corrected chi connectivity index (χ1v) is 10.4. The van der Waals surface area contributed by atoms with Crippen LogP contribution in [0.3, 0.4) is 0 Å². The Labute approximate surface area is 185 Å². The van der Waals surface area contributed by atoms with Crippen molar-refractivity contribution in [2.24, 2.45) is 4.99 Å². The average molecular weight is 462 g/mol. The fourth-order valence-electron chi connectivity index (χ4n) is 3.43. The molecule has 1 aromatic heterocycles. The molecular formula is C22H18F4N4OS. The van der Waals surface area contributed by atoms with Gasteiger partial charge in [0.05, 0.1) is 22.5 Å². The number of aliphatic imine (C=N–C) groups is 1. The second-order valence-electron chi connectivity index (χ2n) is 7.27. The van der Waals surface area contributed by atoms with Crippen LogP contribution in [0.15, 0.2) is 52.5 Å². The van der Waals surface area contributed by atoms with Crippen LogP contribution in [0.5, 0.6) is 0 Å². The lowest BCUT2D eigenvalue weighted by molar-refractivity contribution is -0.138. The topological polar surface area (TPSA) is 59.3 Å². The fourth-order valence-corrected chi connectivity index (χ4v) is 4.21. The number of rotatable bonds is 4. The van der Waals surface area contributed by atoms with Crippen LogP contribution in [0.1, 0.15) is 35.3 Å². The highest BCUT2D eigenvalue weighted by molar-refractivity contribution is 8.18. The molecule has 1 unspecified atom stereocenters. The lowest BCUT2D eigenvalue weighted by Crippen LogP contribution is -2.18. The number of nitrogens with zero attached hydrogens (tertiary/aromatic N) is 3. The number of amides is 1. The summed E-state index contributed by atoms with van der Waals surface area (Å²) in [5, 5.41) is 7.54. The third kappa shape index (κ3) is 4.55. The molecule has 2 aromatic carbocycles. The summed E-state index contributed by atoms with van der Waals surface area (Å²) in [6.45, 7) is 1.09. The first kappa shape index (κ1) is 22.1. The van der Waals surface area contributed by atoms with Crippen LogP contribution in [-0.2, 0) is 12.7 Å². The van der Waals surface area contributed by atoms with Crippen LogP contribution >= 0.6 is 11.8 Å². The highest BCUT2D eigenvalue weighted by Crippen LogP contribution is 2.35. The molecule has 1 atom stereocenters. The van der Waals surface area contributed by atoms with Crippen molar-refractivity contribution in [1.29, 1.82) is 0 Å². The van der Waals surface area contributed by atoms with Crippen LogP contribution in [-0.4, -0.2) is 27.9 Å². The molecule has 32 heavy (non-hydrogen) atoms. The first-order chi connectivity index (χ1) is 15.1. The number of hydrogen-bond donors (Lipinski definition) is 1. The van der Waals surface area contributed by atoms with Crippen molar-refractivity contribution in [2.45, 2.75) is 25.8 Å². The normalized spacial score (nSPS) is 18.0. The van der Waals surface area contributed by atoms with Crippen molar-refractivity contribution in [3.05, 3.63) is 69.8 Å². The Hall–Kier alpha value is -3.14. The number of benzene rings is 2. The number of alkyl halides is 4. The van der Waals surface area contributed by atoms with Gasteiger partial charge in [-0.2, -0.15) is 18.3 Å². The molecule has 1 N–H and O–H groups in total. The van der Waals surface area contributed by atoms with Gasteiger partial charge in [0.15, 0.2) is 0 Å². The van der Waals surface area contributed by atoms with Crippen molar-refractivity contribution in [3.63, 3.8) is 0 Å². The van der Waals surface area contributed by atoms with Crippen molar-refractivity contribution in [2.75, 3.05) is 7.05 Å². The molecule has 166 valence electrons. The SMILES string of the molecule is CN=C1NC(=O)S/C1=C\c1ccc2nn(Cc3ccc(C(C)F)cc3C(F)(F)F)cc2c1. The molecule has 3 aromatic rings. The predicted molar refractivity (Wildman–Crippen MR) is 117 cm³/mol. The Balaban J connectivity index is 1.65. The van der Waals surface area contributed by atoms with E-state index in [1.54, 1.807) is 25.4 Å². The van der Waals surface area contributed by atoms with E-state index in [0.717, 1.165) is 28.8 Å². The molecule has 1 fully saturated rings. The van der Waals surface area contributed by atoms with Gasteiger partial charge in [-0.3, -0.25) is 14.5 Å². The first-order valence-electron chi connectivity index (χ1n) is 9.63. The van der Waals surface area contributed by atoms with Gasteiger partial charge in [-0.05, 0) is 59.7 Å². The van der Waals surface area contributed by atoms with E-state index >= 15 is 0 Å². The maximum atomic E-state index is 13.5. The molecule has 1 aliphatic rings. The number of amidine groups is 1. The summed E-state index contributed by atoms with van der Waals surface area (Å²) < 4.78 is 55.6. The number of aromatic nitrogens is 2. The molecule has 2 heterocycles. The van der Waals surface area contributed by atoms with Gasteiger partial charge < -0.3 is 5.32 Å². The van der Waals surface area contributed by atoms with Gasteiger partial charge in [0.25, 0.3) is 5.24 Å². The molecular weight excluding hydrogens is 444 g/mol. The molecule has 0 saturated carbocycles. The summed E-state index contributed by atoms with van der Waals surface area (Å²) in [4.78, 5) is 16.3. The third-order valence-electron chi connectivity index (χ3n) is 4.98. The molecule has 1 saturated heterocycles. The summed E-state index contributed by atoms with van der Waals surface area (Å²) in [6, 6.07) is 8.92. The van der Waals surface area contributed by atoms with Crippen molar-refractivity contribution in [3.8, 4) is 0 Å². The largest absolute Gasteiger partial charge is 0.416 e. The number of thioether (sulfide) groups is 1. The number of hydrogen-bond acceptors (Lipinski definition) is 4. The van der Waals surface area contributed by atoms with E-state index in [4.69, 9.17) is 0 Å². The van der Waals surface area contributed by atoms with Gasteiger partial charge in [0.1, 0.15) is 12.0 Å². The van der Waals surface area contributed by atoms with Crippen LogP contribution in [0, 0.1) is 0 Å². The molecule has 0 bridgehead atoms. The molecule has 4 rings (SSSR count). The van der Waals surface area contributed by atoms with Gasteiger partial charge in [0.2, 0.25) is 0 Å². The highest BCUT2D eigenvalue weighted by atomic mass is 32.2. The Morgan fingerprint density at radius 3 is 2.72 bits per heavy atom. The fraction of sp³-hybridized carbons (Fsp3) is 0.227. The molecule has 1 aliphatic heterocycles. The Morgan fingerprint density at radius 1 is 1.25 bits per heavy atom. The number of fused-ring (bicyclic) bond motifs is 1. The number of nitrogens with one attached hydrogen (secondary N) is 1.